The van der Waals surface area contributed by atoms with Crippen LogP contribution in [0.1, 0.15) is 68.7 Å². The number of amides is 2. The van der Waals surface area contributed by atoms with Crippen LogP contribution in [0.2, 0.25) is 5.04 Å². The Morgan fingerprint density at radius 1 is 0.861 bits per heavy atom. The van der Waals surface area contributed by atoms with Crippen LogP contribution in [0, 0.1) is 11.3 Å². The lowest BCUT2D eigenvalue weighted by atomic mass is 9.76. The van der Waals surface area contributed by atoms with Gasteiger partial charge in [0.05, 0.1) is 12.6 Å². The number of benzene rings is 2. The lowest BCUT2D eigenvalue weighted by Crippen LogP contribution is -2.67. The molecule has 2 aromatic rings. The van der Waals surface area contributed by atoms with E-state index in [-0.39, 0.29) is 28.9 Å². The van der Waals surface area contributed by atoms with Gasteiger partial charge in [0.25, 0.3) is 8.32 Å². The van der Waals surface area contributed by atoms with Crippen LogP contribution in [-0.4, -0.2) is 43.5 Å². The highest BCUT2D eigenvalue weighted by Crippen LogP contribution is 2.42. The summed E-state index contributed by atoms with van der Waals surface area (Å²) in [4.78, 5) is 27.8. The molecule has 0 saturated carbocycles. The highest BCUT2D eigenvalue weighted by molar-refractivity contribution is 6.99. The molecule has 2 amide bonds. The molecule has 36 heavy (non-hydrogen) atoms. The van der Waals surface area contributed by atoms with Gasteiger partial charge in [0.15, 0.2) is 0 Å². The summed E-state index contributed by atoms with van der Waals surface area (Å²) in [5, 5.41) is 2.14. The molecule has 0 unspecified atom stereocenters. The fourth-order valence-electron chi connectivity index (χ4n) is 5.38. The molecule has 6 heteroatoms. The number of nitrogens with zero attached hydrogens (tertiary/aromatic N) is 1. The second-order valence-corrected chi connectivity index (χ2v) is 17.3. The number of imide groups is 1. The second-order valence-electron chi connectivity index (χ2n) is 13.0. The number of likely N-dealkylation sites (tertiary alicyclic amines) is 1. The summed E-state index contributed by atoms with van der Waals surface area (Å²) in [6, 6.07) is 20.4. The van der Waals surface area contributed by atoms with E-state index in [4.69, 9.17) is 9.16 Å². The molecule has 1 aliphatic rings. The first-order valence-corrected chi connectivity index (χ1v) is 14.8. The lowest BCUT2D eigenvalue weighted by Gasteiger charge is -2.45. The zero-order valence-electron chi connectivity index (χ0n) is 23.4. The summed E-state index contributed by atoms with van der Waals surface area (Å²) >= 11 is 0. The molecule has 1 aliphatic heterocycles. The molecule has 0 N–H and O–H groups in total. The maximum absolute atomic E-state index is 13.3. The van der Waals surface area contributed by atoms with Crippen LogP contribution in [0.15, 0.2) is 60.7 Å². The summed E-state index contributed by atoms with van der Waals surface area (Å²) in [5.41, 5.74) is -0.882. The Balaban J connectivity index is 2.10. The maximum Gasteiger partial charge on any atom is 0.417 e. The monoisotopic (exact) mass is 509 g/mol. The van der Waals surface area contributed by atoms with Gasteiger partial charge in [0.2, 0.25) is 5.91 Å². The molecule has 1 heterocycles. The third-order valence-corrected chi connectivity index (χ3v) is 12.1. The van der Waals surface area contributed by atoms with Crippen molar-refractivity contribution in [1.82, 2.24) is 4.90 Å². The van der Waals surface area contributed by atoms with Gasteiger partial charge >= 0.3 is 6.09 Å². The van der Waals surface area contributed by atoms with Crippen molar-refractivity contribution in [2.45, 2.75) is 85.4 Å². The van der Waals surface area contributed by atoms with Gasteiger partial charge in [-0.2, -0.15) is 0 Å². The molecular weight excluding hydrogens is 466 g/mol. The minimum atomic E-state index is -2.83. The fourth-order valence-corrected chi connectivity index (χ4v) is 9.96. The standard InChI is InChI=1S/C30H43NO4Si/c1-28(2,3)24-20-26(32)31(27(33)35-29(4,5)6)25(24)21-34-36(30(7,8)9,22-16-12-10-13-17-22)23-18-14-11-15-19-23/h10-19,24-25H,20-21H2,1-9H3/t24-,25+/m1/s1. The molecule has 2 atom stereocenters. The average molecular weight is 510 g/mol. The van der Waals surface area contributed by atoms with Gasteiger partial charge in [-0.1, -0.05) is 102 Å². The fraction of sp³-hybridized carbons (Fsp3) is 0.533. The van der Waals surface area contributed by atoms with Crippen LogP contribution in [-0.2, 0) is 14.0 Å². The largest absolute Gasteiger partial charge is 0.443 e. The van der Waals surface area contributed by atoms with Crippen LogP contribution in [0.25, 0.3) is 0 Å². The van der Waals surface area contributed by atoms with E-state index in [2.05, 4.69) is 90.1 Å². The van der Waals surface area contributed by atoms with Gasteiger partial charge < -0.3 is 9.16 Å². The molecule has 0 spiro atoms. The number of hydrogen-bond acceptors (Lipinski definition) is 4. The van der Waals surface area contributed by atoms with Gasteiger partial charge in [-0.3, -0.25) is 4.79 Å². The van der Waals surface area contributed by atoms with E-state index in [0.29, 0.717) is 6.42 Å². The molecule has 0 radical (unpaired) electrons. The van der Waals surface area contributed by atoms with Crippen LogP contribution in [0.5, 0.6) is 0 Å². The van der Waals surface area contributed by atoms with Crippen molar-refractivity contribution in [3.8, 4) is 0 Å². The molecule has 3 rings (SSSR count). The van der Waals surface area contributed by atoms with E-state index in [0.717, 1.165) is 0 Å². The van der Waals surface area contributed by atoms with Gasteiger partial charge in [0, 0.05) is 6.42 Å². The SMILES string of the molecule is CC(C)(C)OC(=O)N1C(=O)C[C@@H](C(C)(C)C)[C@@H]1CO[Si](c1ccccc1)(c1ccccc1)C(C)(C)C. The van der Waals surface area contributed by atoms with E-state index < -0.39 is 26.1 Å². The minimum Gasteiger partial charge on any atom is -0.443 e. The Kier molecular flexibility index (Phi) is 7.92. The van der Waals surface area contributed by atoms with Gasteiger partial charge in [-0.25, -0.2) is 9.69 Å². The van der Waals surface area contributed by atoms with Crippen LogP contribution in [0.4, 0.5) is 4.79 Å². The summed E-state index contributed by atoms with van der Waals surface area (Å²) in [7, 11) is -2.83. The van der Waals surface area contributed by atoms with E-state index >= 15 is 0 Å². The van der Waals surface area contributed by atoms with Crippen molar-refractivity contribution in [2.24, 2.45) is 11.3 Å². The molecule has 1 fully saturated rings. The third kappa shape index (κ3) is 5.75. The molecule has 1 saturated heterocycles. The number of rotatable bonds is 5. The number of carbonyl (C=O) groups is 2. The van der Waals surface area contributed by atoms with Crippen molar-refractivity contribution in [3.63, 3.8) is 0 Å². The van der Waals surface area contributed by atoms with Gasteiger partial charge in [-0.15, -0.1) is 0 Å². The number of hydrogen-bond donors (Lipinski definition) is 0. The topological polar surface area (TPSA) is 55.8 Å². The van der Waals surface area contributed by atoms with Crippen molar-refractivity contribution in [3.05, 3.63) is 60.7 Å². The molecular formula is C30H43NO4Si. The predicted molar refractivity (Wildman–Crippen MR) is 148 cm³/mol. The Hall–Kier alpha value is -2.44. The highest BCUT2D eigenvalue weighted by atomic mass is 28.4. The smallest absolute Gasteiger partial charge is 0.417 e. The van der Waals surface area contributed by atoms with Crippen molar-refractivity contribution in [1.29, 1.82) is 0 Å². The zero-order valence-corrected chi connectivity index (χ0v) is 24.4. The first-order chi connectivity index (χ1) is 16.6. The molecule has 0 aliphatic carbocycles. The van der Waals surface area contributed by atoms with Crippen molar-refractivity contribution in [2.75, 3.05) is 6.61 Å². The van der Waals surface area contributed by atoms with Crippen LogP contribution < -0.4 is 10.4 Å². The van der Waals surface area contributed by atoms with E-state index in [1.807, 2.05) is 32.9 Å². The van der Waals surface area contributed by atoms with Crippen molar-refractivity contribution >= 4 is 30.7 Å². The minimum absolute atomic E-state index is 0.0456. The highest BCUT2D eigenvalue weighted by Gasteiger charge is 2.54. The molecule has 196 valence electrons. The lowest BCUT2D eigenvalue weighted by molar-refractivity contribution is -0.128. The van der Waals surface area contributed by atoms with E-state index in [9.17, 15) is 9.59 Å². The molecule has 5 nitrogen and oxygen atoms in total. The Morgan fingerprint density at radius 2 is 1.33 bits per heavy atom. The van der Waals surface area contributed by atoms with Crippen LogP contribution >= 0.6 is 0 Å². The van der Waals surface area contributed by atoms with Crippen LogP contribution in [0.3, 0.4) is 0 Å². The maximum atomic E-state index is 13.3. The molecule has 2 aromatic carbocycles. The quantitative estimate of drug-likeness (QED) is 0.481. The summed E-state index contributed by atoms with van der Waals surface area (Å²) < 4.78 is 12.8. The summed E-state index contributed by atoms with van der Waals surface area (Å²) in [6.07, 6.45) is -0.285. The zero-order chi connectivity index (χ0) is 26.9. The Morgan fingerprint density at radius 3 is 1.72 bits per heavy atom. The molecule has 0 aromatic heterocycles. The van der Waals surface area contributed by atoms with Crippen molar-refractivity contribution < 1.29 is 18.8 Å². The predicted octanol–water partition coefficient (Wildman–Crippen LogP) is 5.76. The summed E-state index contributed by atoms with van der Waals surface area (Å²) in [6.45, 7) is 18.8. The summed E-state index contributed by atoms with van der Waals surface area (Å²) in [5.74, 6) is -0.240. The normalized spacial score (nSPS) is 19.5. The van der Waals surface area contributed by atoms with Gasteiger partial charge in [-0.05, 0) is 47.5 Å². The first kappa shape index (κ1) is 28.1. The van der Waals surface area contributed by atoms with Gasteiger partial charge in [0.1, 0.15) is 5.60 Å². The number of ether oxygens (including phenoxy) is 1. The van der Waals surface area contributed by atoms with E-state index in [1.54, 1.807) is 0 Å². The Labute approximate surface area is 218 Å². The second kappa shape index (κ2) is 10.1. The third-order valence-electron chi connectivity index (χ3n) is 7.05. The number of carbonyl (C=O) groups excluding carboxylic acids is 2. The first-order valence-electron chi connectivity index (χ1n) is 12.9. The van der Waals surface area contributed by atoms with E-state index in [1.165, 1.54) is 15.3 Å². The Bertz CT molecular complexity index is 1010. The average Bonchev–Trinajstić information content (AvgIpc) is 3.10. The molecule has 0 bridgehead atoms.